The lowest BCUT2D eigenvalue weighted by molar-refractivity contribution is 0.308. The quantitative estimate of drug-likeness (QED) is 0.346. The van der Waals surface area contributed by atoms with Crippen LogP contribution in [0.4, 0.5) is 11.5 Å². The van der Waals surface area contributed by atoms with Gasteiger partial charge in [0.25, 0.3) is 0 Å². The second-order valence-electron chi connectivity index (χ2n) is 7.52. The number of nitrogens with zero attached hydrogens (tertiary/aromatic N) is 2. The third kappa shape index (κ3) is 3.66. The highest BCUT2D eigenvalue weighted by molar-refractivity contribution is 5.80. The van der Waals surface area contributed by atoms with Crippen LogP contribution >= 0.6 is 0 Å². The molecule has 0 fully saturated rings. The van der Waals surface area contributed by atoms with Gasteiger partial charge in [0.15, 0.2) is 17.2 Å². The Kier molecular flexibility index (Phi) is 4.92. The summed E-state index contributed by atoms with van der Waals surface area (Å²) in [6.45, 7) is 4.67. The zero-order valence-electron chi connectivity index (χ0n) is 17.5. The Morgan fingerprint density at radius 2 is 1.71 bits per heavy atom. The molecule has 31 heavy (non-hydrogen) atoms. The van der Waals surface area contributed by atoms with Crippen molar-refractivity contribution in [3.05, 3.63) is 102 Å². The Morgan fingerprint density at radius 3 is 2.45 bits per heavy atom. The van der Waals surface area contributed by atoms with E-state index in [9.17, 15) is 0 Å². The molecular formula is C26H23N3O2. The van der Waals surface area contributed by atoms with Crippen molar-refractivity contribution in [3.8, 4) is 17.2 Å². The predicted octanol–water partition coefficient (Wildman–Crippen LogP) is 6.53. The van der Waals surface area contributed by atoms with Gasteiger partial charge in [-0.15, -0.1) is 0 Å². The molecule has 0 aliphatic heterocycles. The lowest BCUT2D eigenvalue weighted by Gasteiger charge is -2.14. The van der Waals surface area contributed by atoms with Crippen molar-refractivity contribution in [2.45, 2.75) is 20.5 Å². The summed E-state index contributed by atoms with van der Waals surface area (Å²) < 4.78 is 13.9. The van der Waals surface area contributed by atoms with E-state index >= 15 is 0 Å². The molecule has 5 heteroatoms. The predicted molar refractivity (Wildman–Crippen MR) is 123 cm³/mol. The normalized spacial score (nSPS) is 11.0. The first kappa shape index (κ1) is 19.0. The maximum absolute atomic E-state index is 6.15. The Bertz CT molecular complexity index is 1300. The Hall–Kier alpha value is -3.99. The van der Waals surface area contributed by atoms with E-state index < -0.39 is 0 Å². The van der Waals surface area contributed by atoms with E-state index in [4.69, 9.17) is 14.1 Å². The van der Waals surface area contributed by atoms with Crippen LogP contribution in [-0.4, -0.2) is 9.38 Å². The number of rotatable bonds is 6. The van der Waals surface area contributed by atoms with Gasteiger partial charge in [0.2, 0.25) is 0 Å². The molecule has 5 nitrogen and oxygen atoms in total. The topological polar surface area (TPSA) is 51.7 Å². The molecule has 0 atom stereocenters. The number of imidazole rings is 1. The van der Waals surface area contributed by atoms with Gasteiger partial charge in [-0.3, -0.25) is 4.40 Å². The number of pyridine rings is 1. The highest BCUT2D eigenvalue weighted by atomic mass is 16.5. The zero-order chi connectivity index (χ0) is 21.2. The van der Waals surface area contributed by atoms with Crippen LogP contribution in [0.25, 0.3) is 17.1 Å². The van der Waals surface area contributed by atoms with E-state index in [2.05, 4.69) is 37.4 Å². The van der Waals surface area contributed by atoms with E-state index in [1.807, 2.05) is 65.2 Å². The SMILES string of the molecule is Cc1cccc(C)c1Nc1c(-c2ccco2)nc2c(OCc3ccccc3)cccn12. The first-order chi connectivity index (χ1) is 15.2. The van der Waals surface area contributed by atoms with Crippen molar-refractivity contribution in [3.63, 3.8) is 0 Å². The van der Waals surface area contributed by atoms with Gasteiger partial charge in [-0.05, 0) is 54.8 Å². The van der Waals surface area contributed by atoms with Gasteiger partial charge in [-0.2, -0.15) is 0 Å². The second kappa shape index (κ2) is 8.03. The van der Waals surface area contributed by atoms with Crippen LogP contribution < -0.4 is 10.1 Å². The number of aromatic nitrogens is 2. The molecule has 3 aromatic heterocycles. The van der Waals surface area contributed by atoms with Crippen molar-refractivity contribution in [2.24, 2.45) is 0 Å². The van der Waals surface area contributed by atoms with Crippen molar-refractivity contribution < 1.29 is 9.15 Å². The Morgan fingerprint density at radius 1 is 0.903 bits per heavy atom. The molecule has 0 saturated heterocycles. The maximum Gasteiger partial charge on any atom is 0.182 e. The van der Waals surface area contributed by atoms with Crippen molar-refractivity contribution in [1.82, 2.24) is 9.38 Å². The molecule has 154 valence electrons. The van der Waals surface area contributed by atoms with Gasteiger partial charge >= 0.3 is 0 Å². The number of benzene rings is 2. The van der Waals surface area contributed by atoms with E-state index in [1.165, 1.54) is 0 Å². The fourth-order valence-electron chi connectivity index (χ4n) is 3.73. The van der Waals surface area contributed by atoms with Crippen molar-refractivity contribution in [2.75, 3.05) is 5.32 Å². The number of fused-ring (bicyclic) bond motifs is 1. The van der Waals surface area contributed by atoms with Crippen LogP contribution in [-0.2, 0) is 6.61 Å². The number of para-hydroxylation sites is 1. The minimum absolute atomic E-state index is 0.475. The van der Waals surface area contributed by atoms with E-state index in [1.54, 1.807) is 6.26 Å². The zero-order valence-corrected chi connectivity index (χ0v) is 17.5. The van der Waals surface area contributed by atoms with Crippen molar-refractivity contribution in [1.29, 1.82) is 0 Å². The minimum atomic E-state index is 0.475. The second-order valence-corrected chi connectivity index (χ2v) is 7.52. The molecule has 0 saturated carbocycles. The van der Waals surface area contributed by atoms with Crippen LogP contribution in [0.3, 0.4) is 0 Å². The standard InChI is InChI=1S/C26H23N3O2/c1-18-9-6-10-19(2)23(18)27-26-24(21-14-8-16-30-21)28-25-22(13-7-15-29(25)26)31-17-20-11-4-3-5-12-20/h3-16,27H,17H2,1-2H3. The average Bonchev–Trinajstić information content (AvgIpc) is 3.44. The lowest BCUT2D eigenvalue weighted by Crippen LogP contribution is -2.01. The molecule has 0 radical (unpaired) electrons. The van der Waals surface area contributed by atoms with E-state index in [-0.39, 0.29) is 0 Å². The van der Waals surface area contributed by atoms with Gasteiger partial charge < -0.3 is 14.5 Å². The first-order valence-corrected chi connectivity index (χ1v) is 10.3. The molecule has 0 aliphatic rings. The van der Waals surface area contributed by atoms with Crippen LogP contribution in [0.2, 0.25) is 0 Å². The van der Waals surface area contributed by atoms with Gasteiger partial charge in [0, 0.05) is 11.9 Å². The molecule has 5 aromatic rings. The van der Waals surface area contributed by atoms with Crippen LogP contribution in [0.5, 0.6) is 5.75 Å². The summed E-state index contributed by atoms with van der Waals surface area (Å²) in [6.07, 6.45) is 3.65. The highest BCUT2D eigenvalue weighted by Gasteiger charge is 2.20. The molecule has 0 spiro atoms. The molecule has 5 rings (SSSR count). The van der Waals surface area contributed by atoms with E-state index in [0.717, 1.165) is 39.5 Å². The van der Waals surface area contributed by atoms with Crippen molar-refractivity contribution >= 4 is 17.2 Å². The van der Waals surface area contributed by atoms with Crippen LogP contribution in [0, 0.1) is 13.8 Å². The number of hydrogen-bond donors (Lipinski definition) is 1. The molecule has 2 aromatic carbocycles. The maximum atomic E-state index is 6.15. The van der Waals surface area contributed by atoms with Gasteiger partial charge in [0.1, 0.15) is 18.1 Å². The molecule has 1 N–H and O–H groups in total. The molecule has 0 aliphatic carbocycles. The number of aryl methyl sites for hydroxylation is 2. The third-order valence-corrected chi connectivity index (χ3v) is 5.33. The fraction of sp³-hybridized carbons (Fsp3) is 0.115. The average molecular weight is 409 g/mol. The van der Waals surface area contributed by atoms with Gasteiger partial charge in [0.05, 0.1) is 6.26 Å². The summed E-state index contributed by atoms with van der Waals surface area (Å²) in [5.74, 6) is 2.26. The smallest absolute Gasteiger partial charge is 0.182 e. The summed E-state index contributed by atoms with van der Waals surface area (Å²) in [4.78, 5) is 4.90. The van der Waals surface area contributed by atoms with Gasteiger partial charge in [-0.25, -0.2) is 4.98 Å². The molecule has 0 bridgehead atoms. The number of nitrogens with one attached hydrogen (secondary N) is 1. The molecular weight excluding hydrogens is 386 g/mol. The van der Waals surface area contributed by atoms with E-state index in [0.29, 0.717) is 18.1 Å². The van der Waals surface area contributed by atoms with Gasteiger partial charge in [-0.1, -0.05) is 48.5 Å². The number of ether oxygens (including phenoxy) is 1. The third-order valence-electron chi connectivity index (χ3n) is 5.33. The van der Waals surface area contributed by atoms with Crippen LogP contribution in [0.15, 0.2) is 89.7 Å². The Balaban J connectivity index is 1.61. The van der Waals surface area contributed by atoms with Crippen LogP contribution in [0.1, 0.15) is 16.7 Å². The summed E-state index contributed by atoms with van der Waals surface area (Å²) >= 11 is 0. The molecule has 0 amide bonds. The lowest BCUT2D eigenvalue weighted by atomic mass is 10.1. The highest BCUT2D eigenvalue weighted by Crippen LogP contribution is 2.36. The fourth-order valence-corrected chi connectivity index (χ4v) is 3.73. The number of furan rings is 1. The summed E-state index contributed by atoms with van der Waals surface area (Å²) in [6, 6.07) is 24.1. The summed E-state index contributed by atoms with van der Waals surface area (Å²) in [7, 11) is 0. The number of anilines is 2. The summed E-state index contributed by atoms with van der Waals surface area (Å²) in [5, 5.41) is 3.61. The summed E-state index contributed by atoms with van der Waals surface area (Å²) in [5.41, 5.74) is 5.97. The largest absolute Gasteiger partial charge is 0.485 e. The number of hydrogen-bond acceptors (Lipinski definition) is 4. The monoisotopic (exact) mass is 409 g/mol. The Labute approximate surface area is 180 Å². The molecule has 0 unspecified atom stereocenters. The molecule has 3 heterocycles. The minimum Gasteiger partial charge on any atom is -0.485 e. The first-order valence-electron chi connectivity index (χ1n) is 10.3.